The number of esters is 1. The normalized spacial score (nSPS) is 11.0. The maximum Gasteiger partial charge on any atom is 0.310 e. The molecule has 0 saturated heterocycles. The van der Waals surface area contributed by atoms with E-state index in [0.29, 0.717) is 0 Å². The van der Waals surface area contributed by atoms with Crippen molar-refractivity contribution in [2.75, 3.05) is 7.11 Å². The number of aromatic nitrogens is 1. The number of H-pyrrole nitrogens is 1. The minimum atomic E-state index is -0.232. The fraction of sp³-hybridized carbons (Fsp3) is 0.136. The number of hydrogen-bond donors (Lipinski definition) is 1. The molecule has 0 aliphatic heterocycles. The van der Waals surface area contributed by atoms with Gasteiger partial charge in [-0.1, -0.05) is 36.4 Å². The van der Waals surface area contributed by atoms with Gasteiger partial charge in [0.1, 0.15) is 12.4 Å². The molecule has 1 N–H and O–H groups in total. The first-order valence-corrected chi connectivity index (χ1v) is 8.50. The first-order chi connectivity index (χ1) is 12.7. The van der Waals surface area contributed by atoms with E-state index in [1.165, 1.54) is 0 Å². The number of ether oxygens (including phenoxy) is 2. The number of rotatable bonds is 5. The smallest absolute Gasteiger partial charge is 0.310 e. The average molecular weight is 345 g/mol. The van der Waals surface area contributed by atoms with Crippen molar-refractivity contribution in [3.8, 4) is 5.75 Å². The Labute approximate surface area is 151 Å². The number of carbonyl (C=O) groups is 1. The Hall–Kier alpha value is -3.27. The molecule has 26 heavy (non-hydrogen) atoms. The van der Waals surface area contributed by atoms with Crippen molar-refractivity contribution in [1.29, 1.82) is 0 Å². The lowest BCUT2D eigenvalue weighted by atomic mass is 10.1. The van der Waals surface area contributed by atoms with Crippen molar-refractivity contribution in [2.24, 2.45) is 0 Å². The van der Waals surface area contributed by atoms with Crippen molar-refractivity contribution in [1.82, 2.24) is 4.98 Å². The van der Waals surface area contributed by atoms with Gasteiger partial charge in [0.2, 0.25) is 0 Å². The van der Waals surface area contributed by atoms with Crippen LogP contribution in [0.3, 0.4) is 0 Å². The van der Waals surface area contributed by atoms with Gasteiger partial charge in [-0.25, -0.2) is 0 Å². The molecule has 4 nitrogen and oxygen atoms in total. The maximum atomic E-state index is 12.2. The Bertz CT molecular complexity index is 1080. The quantitative estimate of drug-likeness (QED) is 0.537. The molecule has 1 aromatic heterocycles. The van der Waals surface area contributed by atoms with Gasteiger partial charge in [-0.15, -0.1) is 0 Å². The lowest BCUT2D eigenvalue weighted by molar-refractivity contribution is -0.144. The molecule has 0 atom stereocenters. The number of aromatic amines is 1. The summed E-state index contributed by atoms with van der Waals surface area (Å²) in [6.07, 6.45) is 2.13. The molecule has 4 heteroatoms. The Morgan fingerprint density at radius 2 is 1.81 bits per heavy atom. The minimum Gasteiger partial charge on any atom is -0.497 e. The molecular weight excluding hydrogens is 326 g/mol. The van der Waals surface area contributed by atoms with Gasteiger partial charge >= 0.3 is 5.97 Å². The SMILES string of the molecule is COc1ccc2cc(COC(=O)Cc3c[nH]c4ccccc34)ccc2c1. The number of carbonyl (C=O) groups excluding carboxylic acids is 1. The zero-order valence-corrected chi connectivity index (χ0v) is 14.5. The van der Waals surface area contributed by atoms with Crippen LogP contribution in [0.4, 0.5) is 0 Å². The maximum absolute atomic E-state index is 12.2. The Morgan fingerprint density at radius 3 is 2.69 bits per heavy atom. The van der Waals surface area contributed by atoms with E-state index >= 15 is 0 Å². The van der Waals surface area contributed by atoms with Crippen molar-refractivity contribution in [3.05, 3.63) is 78.0 Å². The minimum absolute atomic E-state index is 0.232. The fourth-order valence-corrected chi connectivity index (χ4v) is 3.14. The van der Waals surface area contributed by atoms with E-state index in [-0.39, 0.29) is 19.0 Å². The molecule has 0 bridgehead atoms. The summed E-state index contributed by atoms with van der Waals surface area (Å²) in [5, 5.41) is 3.25. The number of nitrogens with one attached hydrogen (secondary N) is 1. The third kappa shape index (κ3) is 3.26. The summed E-state index contributed by atoms with van der Waals surface area (Å²) in [7, 11) is 1.66. The highest BCUT2D eigenvalue weighted by Gasteiger charge is 2.10. The summed E-state index contributed by atoms with van der Waals surface area (Å²) in [6.45, 7) is 0.267. The first kappa shape index (κ1) is 16.2. The van der Waals surface area contributed by atoms with Crippen LogP contribution in [-0.4, -0.2) is 18.1 Å². The van der Waals surface area contributed by atoms with Crippen LogP contribution in [0.5, 0.6) is 5.75 Å². The van der Waals surface area contributed by atoms with E-state index in [9.17, 15) is 4.79 Å². The summed E-state index contributed by atoms with van der Waals surface area (Å²) in [5.41, 5.74) is 2.95. The van der Waals surface area contributed by atoms with Crippen molar-refractivity contribution in [2.45, 2.75) is 13.0 Å². The van der Waals surface area contributed by atoms with Gasteiger partial charge in [-0.2, -0.15) is 0 Å². The van der Waals surface area contributed by atoms with Gasteiger partial charge in [-0.3, -0.25) is 4.79 Å². The lowest BCUT2D eigenvalue weighted by Crippen LogP contribution is -2.07. The highest BCUT2D eigenvalue weighted by molar-refractivity contribution is 5.87. The second-order valence-corrected chi connectivity index (χ2v) is 6.24. The van der Waals surface area contributed by atoms with Crippen LogP contribution in [0.25, 0.3) is 21.7 Å². The molecule has 0 radical (unpaired) electrons. The van der Waals surface area contributed by atoms with Crippen LogP contribution in [-0.2, 0) is 22.6 Å². The van der Waals surface area contributed by atoms with Gasteiger partial charge in [0.25, 0.3) is 0 Å². The third-order valence-electron chi connectivity index (χ3n) is 4.52. The second kappa shape index (κ2) is 6.92. The van der Waals surface area contributed by atoms with Crippen LogP contribution in [0.15, 0.2) is 66.9 Å². The number of fused-ring (bicyclic) bond motifs is 2. The largest absolute Gasteiger partial charge is 0.497 e. The third-order valence-corrected chi connectivity index (χ3v) is 4.52. The molecule has 0 aliphatic carbocycles. The molecular formula is C22H19NO3. The van der Waals surface area contributed by atoms with Crippen molar-refractivity contribution in [3.63, 3.8) is 0 Å². The number of methoxy groups -OCH3 is 1. The molecule has 0 amide bonds. The van der Waals surface area contributed by atoms with E-state index in [0.717, 1.165) is 38.6 Å². The molecule has 3 aromatic carbocycles. The highest BCUT2D eigenvalue weighted by Crippen LogP contribution is 2.22. The summed E-state index contributed by atoms with van der Waals surface area (Å²) in [6, 6.07) is 19.9. The van der Waals surface area contributed by atoms with Crippen LogP contribution < -0.4 is 4.74 Å². The van der Waals surface area contributed by atoms with Crippen LogP contribution >= 0.6 is 0 Å². The predicted octanol–water partition coefficient (Wildman–Crippen LogP) is 4.62. The highest BCUT2D eigenvalue weighted by atomic mass is 16.5. The number of hydrogen-bond acceptors (Lipinski definition) is 3. The molecule has 4 aromatic rings. The Morgan fingerprint density at radius 1 is 1.00 bits per heavy atom. The number of benzene rings is 3. The molecule has 0 fully saturated rings. The zero-order valence-electron chi connectivity index (χ0n) is 14.5. The molecule has 0 saturated carbocycles. The van der Waals surface area contributed by atoms with E-state index in [1.807, 2.05) is 66.9 Å². The summed E-state index contributed by atoms with van der Waals surface area (Å²) < 4.78 is 10.7. The number of para-hydroxylation sites is 1. The van der Waals surface area contributed by atoms with Gasteiger partial charge in [-0.05, 0) is 46.2 Å². The second-order valence-electron chi connectivity index (χ2n) is 6.24. The van der Waals surface area contributed by atoms with E-state index in [4.69, 9.17) is 9.47 Å². The lowest BCUT2D eigenvalue weighted by Gasteiger charge is -2.07. The first-order valence-electron chi connectivity index (χ1n) is 8.50. The van der Waals surface area contributed by atoms with Crippen LogP contribution in [0.2, 0.25) is 0 Å². The van der Waals surface area contributed by atoms with Gasteiger partial charge in [0.15, 0.2) is 0 Å². The van der Waals surface area contributed by atoms with Crippen LogP contribution in [0, 0.1) is 0 Å². The molecule has 0 aliphatic rings. The van der Waals surface area contributed by atoms with Crippen LogP contribution in [0.1, 0.15) is 11.1 Å². The van der Waals surface area contributed by atoms with Crippen molar-refractivity contribution >= 4 is 27.6 Å². The topological polar surface area (TPSA) is 51.3 Å². The molecule has 0 spiro atoms. The monoisotopic (exact) mass is 345 g/mol. The van der Waals surface area contributed by atoms with E-state index < -0.39 is 0 Å². The summed E-state index contributed by atoms with van der Waals surface area (Å²) >= 11 is 0. The summed E-state index contributed by atoms with van der Waals surface area (Å²) in [4.78, 5) is 15.4. The zero-order chi connectivity index (χ0) is 17.9. The van der Waals surface area contributed by atoms with Gasteiger partial charge in [0, 0.05) is 17.1 Å². The van der Waals surface area contributed by atoms with E-state index in [2.05, 4.69) is 4.98 Å². The standard InChI is InChI=1S/C22H19NO3/c1-25-19-9-8-16-10-15(6-7-17(16)11-19)14-26-22(24)12-18-13-23-21-5-3-2-4-20(18)21/h2-11,13,23H,12,14H2,1H3. The molecule has 130 valence electrons. The van der Waals surface area contributed by atoms with E-state index in [1.54, 1.807) is 7.11 Å². The average Bonchev–Trinajstić information content (AvgIpc) is 3.08. The molecule has 0 unspecified atom stereocenters. The molecule has 1 heterocycles. The predicted molar refractivity (Wildman–Crippen MR) is 102 cm³/mol. The Balaban J connectivity index is 1.43. The van der Waals surface area contributed by atoms with Crippen molar-refractivity contribution < 1.29 is 14.3 Å². The summed E-state index contributed by atoms with van der Waals surface area (Å²) in [5.74, 6) is 0.597. The van der Waals surface area contributed by atoms with Gasteiger partial charge in [0.05, 0.1) is 13.5 Å². The van der Waals surface area contributed by atoms with Gasteiger partial charge < -0.3 is 14.5 Å². The fourth-order valence-electron chi connectivity index (χ4n) is 3.14. The Kier molecular flexibility index (Phi) is 4.32. The molecule has 4 rings (SSSR count).